The number of methoxy groups -OCH3 is 1. The van der Waals surface area contributed by atoms with E-state index in [4.69, 9.17) is 14.2 Å². The number of carbonyl (C=O) groups is 1. The van der Waals surface area contributed by atoms with Gasteiger partial charge in [0.2, 0.25) is 0 Å². The fourth-order valence-corrected chi connectivity index (χ4v) is 2.54. The Kier molecular flexibility index (Phi) is 3.38. The third-order valence-electron chi connectivity index (χ3n) is 3.35. The lowest BCUT2D eigenvalue weighted by molar-refractivity contribution is -0.271. The molecule has 1 aliphatic carbocycles. The van der Waals surface area contributed by atoms with E-state index in [9.17, 15) is 4.79 Å². The minimum Gasteiger partial charge on any atom is -0.371 e. The maximum absolute atomic E-state index is 11.9. The summed E-state index contributed by atoms with van der Waals surface area (Å²) in [5, 5.41) is 0. The third kappa shape index (κ3) is 2.07. The summed E-state index contributed by atoms with van der Waals surface area (Å²) in [6.07, 6.45) is 3.82. The SMILES string of the molecule is CO[C@]12CCCC[C@@H]1C(=O)COCCO2. The van der Waals surface area contributed by atoms with Crippen LogP contribution in [-0.4, -0.2) is 38.5 Å². The van der Waals surface area contributed by atoms with Crippen molar-refractivity contribution in [1.29, 1.82) is 0 Å². The summed E-state index contributed by atoms with van der Waals surface area (Å²) in [6, 6.07) is 0. The minimum atomic E-state index is -0.668. The number of hydrogen-bond donors (Lipinski definition) is 0. The van der Waals surface area contributed by atoms with E-state index in [0.29, 0.717) is 13.2 Å². The Morgan fingerprint density at radius 3 is 3.07 bits per heavy atom. The molecule has 86 valence electrons. The van der Waals surface area contributed by atoms with E-state index in [1.54, 1.807) is 7.11 Å². The molecule has 1 aliphatic heterocycles. The zero-order valence-corrected chi connectivity index (χ0v) is 9.16. The van der Waals surface area contributed by atoms with Crippen molar-refractivity contribution in [2.75, 3.05) is 26.9 Å². The first-order valence-electron chi connectivity index (χ1n) is 5.58. The van der Waals surface area contributed by atoms with E-state index in [0.717, 1.165) is 25.7 Å². The van der Waals surface area contributed by atoms with Crippen LogP contribution in [0.1, 0.15) is 25.7 Å². The number of rotatable bonds is 1. The van der Waals surface area contributed by atoms with Crippen molar-refractivity contribution in [3.8, 4) is 0 Å². The molecule has 2 rings (SSSR count). The molecule has 4 nitrogen and oxygen atoms in total. The van der Waals surface area contributed by atoms with Gasteiger partial charge < -0.3 is 14.2 Å². The molecule has 1 heterocycles. The van der Waals surface area contributed by atoms with Gasteiger partial charge in [-0.1, -0.05) is 6.42 Å². The van der Waals surface area contributed by atoms with Crippen LogP contribution in [-0.2, 0) is 19.0 Å². The standard InChI is InChI=1S/C11H18O4/c1-13-11-5-3-2-4-9(11)10(12)8-14-6-7-15-11/h9H,2-8H2,1H3/t9-,11+/m1/s1. The number of hydrogen-bond acceptors (Lipinski definition) is 4. The second-order valence-corrected chi connectivity index (χ2v) is 4.18. The van der Waals surface area contributed by atoms with Crippen LogP contribution in [0.5, 0.6) is 0 Å². The zero-order chi connectivity index (χ0) is 10.7. The number of ether oxygens (including phenoxy) is 3. The molecule has 0 aromatic rings. The molecule has 2 aliphatic rings. The maximum atomic E-state index is 11.9. The van der Waals surface area contributed by atoms with Crippen LogP contribution in [0.3, 0.4) is 0 Å². The van der Waals surface area contributed by atoms with Crippen LogP contribution < -0.4 is 0 Å². The molecule has 4 heteroatoms. The first kappa shape index (κ1) is 11.0. The predicted octanol–water partition coefficient (Wildman–Crippen LogP) is 1.14. The first-order valence-corrected chi connectivity index (χ1v) is 5.58. The molecule has 0 spiro atoms. The highest BCUT2D eigenvalue weighted by Gasteiger charge is 2.46. The van der Waals surface area contributed by atoms with Gasteiger partial charge in [-0.15, -0.1) is 0 Å². The van der Waals surface area contributed by atoms with Gasteiger partial charge in [-0.05, 0) is 12.8 Å². The number of fused-ring (bicyclic) bond motifs is 1. The summed E-state index contributed by atoms with van der Waals surface area (Å²) in [4.78, 5) is 11.9. The van der Waals surface area contributed by atoms with E-state index in [-0.39, 0.29) is 18.3 Å². The predicted molar refractivity (Wildman–Crippen MR) is 53.5 cm³/mol. The van der Waals surface area contributed by atoms with Crippen molar-refractivity contribution in [3.05, 3.63) is 0 Å². The highest BCUT2D eigenvalue weighted by Crippen LogP contribution is 2.38. The van der Waals surface area contributed by atoms with Crippen molar-refractivity contribution in [2.24, 2.45) is 5.92 Å². The number of Topliss-reactive ketones (excluding diaryl/α,β-unsaturated/α-hetero) is 1. The first-order chi connectivity index (χ1) is 7.28. The quantitative estimate of drug-likeness (QED) is 0.656. The highest BCUT2D eigenvalue weighted by atomic mass is 16.7. The van der Waals surface area contributed by atoms with Crippen molar-refractivity contribution >= 4 is 5.78 Å². The molecule has 0 aromatic carbocycles. The third-order valence-corrected chi connectivity index (χ3v) is 3.35. The van der Waals surface area contributed by atoms with Gasteiger partial charge in [0.05, 0.1) is 19.1 Å². The van der Waals surface area contributed by atoms with Crippen LogP contribution in [0, 0.1) is 5.92 Å². The molecular weight excluding hydrogens is 196 g/mol. The molecule has 0 bridgehead atoms. The molecule has 1 saturated carbocycles. The van der Waals surface area contributed by atoms with Gasteiger partial charge >= 0.3 is 0 Å². The van der Waals surface area contributed by atoms with Crippen molar-refractivity contribution in [1.82, 2.24) is 0 Å². The van der Waals surface area contributed by atoms with Crippen LogP contribution >= 0.6 is 0 Å². The van der Waals surface area contributed by atoms with E-state index < -0.39 is 5.79 Å². The van der Waals surface area contributed by atoms with E-state index in [1.165, 1.54) is 0 Å². The van der Waals surface area contributed by atoms with Gasteiger partial charge in [0.25, 0.3) is 0 Å². The molecule has 0 radical (unpaired) electrons. The molecule has 0 unspecified atom stereocenters. The monoisotopic (exact) mass is 214 g/mol. The topological polar surface area (TPSA) is 44.8 Å². The van der Waals surface area contributed by atoms with Crippen molar-refractivity contribution < 1.29 is 19.0 Å². The minimum absolute atomic E-state index is 0.122. The van der Waals surface area contributed by atoms with Gasteiger partial charge in [0.1, 0.15) is 6.61 Å². The Hall–Kier alpha value is -0.450. The van der Waals surface area contributed by atoms with Gasteiger partial charge in [0.15, 0.2) is 11.6 Å². The number of ketones is 1. The number of carbonyl (C=O) groups excluding carboxylic acids is 1. The van der Waals surface area contributed by atoms with Crippen molar-refractivity contribution in [2.45, 2.75) is 31.5 Å². The molecule has 0 amide bonds. The summed E-state index contributed by atoms with van der Waals surface area (Å²) in [5.41, 5.74) is 0. The normalized spacial score (nSPS) is 37.9. The fraction of sp³-hybridized carbons (Fsp3) is 0.909. The molecule has 2 atom stereocenters. The molecule has 15 heavy (non-hydrogen) atoms. The fourth-order valence-electron chi connectivity index (χ4n) is 2.54. The van der Waals surface area contributed by atoms with Crippen LogP contribution in [0.2, 0.25) is 0 Å². The smallest absolute Gasteiger partial charge is 0.177 e. The Labute approximate surface area is 89.9 Å². The van der Waals surface area contributed by atoms with E-state index in [2.05, 4.69) is 0 Å². The Balaban J connectivity index is 2.19. The Morgan fingerprint density at radius 2 is 2.27 bits per heavy atom. The zero-order valence-electron chi connectivity index (χ0n) is 9.16. The average Bonchev–Trinajstić information content (AvgIpc) is 2.26. The molecule has 1 saturated heterocycles. The van der Waals surface area contributed by atoms with Gasteiger partial charge in [0, 0.05) is 13.5 Å². The lowest BCUT2D eigenvalue weighted by Crippen LogP contribution is -2.51. The Bertz CT molecular complexity index is 241. The summed E-state index contributed by atoms with van der Waals surface area (Å²) < 4.78 is 16.4. The lowest BCUT2D eigenvalue weighted by Gasteiger charge is -2.42. The molecule has 0 aromatic heterocycles. The lowest BCUT2D eigenvalue weighted by atomic mass is 9.80. The summed E-state index contributed by atoms with van der Waals surface area (Å²) in [5.74, 6) is -0.688. The second-order valence-electron chi connectivity index (χ2n) is 4.18. The molecular formula is C11H18O4. The summed E-state index contributed by atoms with van der Waals surface area (Å²) in [7, 11) is 1.63. The highest BCUT2D eigenvalue weighted by molar-refractivity contribution is 5.83. The van der Waals surface area contributed by atoms with Crippen LogP contribution in [0.25, 0.3) is 0 Å². The van der Waals surface area contributed by atoms with Gasteiger partial charge in [-0.2, -0.15) is 0 Å². The maximum Gasteiger partial charge on any atom is 0.177 e. The van der Waals surface area contributed by atoms with E-state index in [1.807, 2.05) is 0 Å². The van der Waals surface area contributed by atoms with Gasteiger partial charge in [-0.25, -0.2) is 0 Å². The molecule has 0 N–H and O–H groups in total. The largest absolute Gasteiger partial charge is 0.371 e. The van der Waals surface area contributed by atoms with Crippen LogP contribution in [0.15, 0.2) is 0 Å². The van der Waals surface area contributed by atoms with Gasteiger partial charge in [-0.3, -0.25) is 4.79 Å². The second kappa shape index (κ2) is 4.60. The van der Waals surface area contributed by atoms with E-state index >= 15 is 0 Å². The Morgan fingerprint density at radius 1 is 1.40 bits per heavy atom. The summed E-state index contributed by atoms with van der Waals surface area (Å²) in [6.45, 7) is 1.19. The summed E-state index contributed by atoms with van der Waals surface area (Å²) >= 11 is 0. The van der Waals surface area contributed by atoms with Crippen LogP contribution in [0.4, 0.5) is 0 Å². The van der Waals surface area contributed by atoms with Crippen molar-refractivity contribution in [3.63, 3.8) is 0 Å². The average molecular weight is 214 g/mol. The molecule has 2 fully saturated rings.